The fraction of sp³-hybridized carbons (Fsp3) is 0.571. The third-order valence-corrected chi connectivity index (χ3v) is 3.10. The molecule has 0 N–H and O–H groups in total. The number of hydrogen-bond acceptors (Lipinski definition) is 8. The summed E-state index contributed by atoms with van der Waals surface area (Å²) in [5, 5.41) is 0. The summed E-state index contributed by atoms with van der Waals surface area (Å²) < 4.78 is 30.6. The number of fused-ring (bicyclic) bond motifs is 1. The van der Waals surface area contributed by atoms with E-state index in [2.05, 4.69) is 13.2 Å². The first-order valence-corrected chi connectivity index (χ1v) is 6.77. The summed E-state index contributed by atoms with van der Waals surface area (Å²) in [5.41, 5.74) is 0. The summed E-state index contributed by atoms with van der Waals surface area (Å²) in [5.74, 6) is 0. The van der Waals surface area contributed by atoms with Crippen molar-refractivity contribution in [3.05, 3.63) is 25.3 Å². The summed E-state index contributed by atoms with van der Waals surface area (Å²) in [6.07, 6.45) is -1.03. The second kappa shape index (κ2) is 7.81. The molecule has 0 bridgehead atoms. The van der Waals surface area contributed by atoms with E-state index in [0.29, 0.717) is 0 Å². The van der Waals surface area contributed by atoms with Crippen LogP contribution in [0.2, 0.25) is 0 Å². The van der Waals surface area contributed by atoms with E-state index in [9.17, 15) is 9.59 Å². The Balaban J connectivity index is 1.80. The van der Waals surface area contributed by atoms with Crippen molar-refractivity contribution in [2.45, 2.75) is 24.4 Å². The molecule has 2 rings (SSSR count). The number of carbonyl (C=O) groups is 2. The van der Waals surface area contributed by atoms with E-state index < -0.39 is 36.7 Å². The van der Waals surface area contributed by atoms with Gasteiger partial charge < -0.3 is 28.4 Å². The van der Waals surface area contributed by atoms with Crippen LogP contribution < -0.4 is 0 Å². The number of hydrogen-bond donors (Lipinski definition) is 0. The van der Waals surface area contributed by atoms with Crippen LogP contribution in [0.3, 0.4) is 0 Å². The number of carbonyl (C=O) groups excluding carboxylic acids is 2. The molecule has 4 atom stereocenters. The highest BCUT2D eigenvalue weighted by molar-refractivity contribution is 5.61. The van der Waals surface area contributed by atoms with Gasteiger partial charge in [0.25, 0.3) is 0 Å². The number of rotatable bonds is 6. The Morgan fingerprint density at radius 1 is 0.909 bits per heavy atom. The summed E-state index contributed by atoms with van der Waals surface area (Å²) in [7, 11) is 0. The predicted octanol–water partition coefficient (Wildman–Crippen LogP) is 1.20. The van der Waals surface area contributed by atoms with Crippen LogP contribution in [-0.2, 0) is 28.4 Å². The van der Waals surface area contributed by atoms with Crippen molar-refractivity contribution in [2.24, 2.45) is 0 Å². The minimum absolute atomic E-state index is 0.0578. The van der Waals surface area contributed by atoms with E-state index in [1.807, 2.05) is 0 Å². The van der Waals surface area contributed by atoms with Crippen LogP contribution in [0.4, 0.5) is 9.59 Å². The van der Waals surface area contributed by atoms with Gasteiger partial charge in [-0.05, 0) is 0 Å². The molecule has 0 saturated carbocycles. The van der Waals surface area contributed by atoms with Gasteiger partial charge in [0.15, 0.2) is 12.2 Å². The van der Waals surface area contributed by atoms with Gasteiger partial charge in [-0.15, -0.1) is 0 Å². The van der Waals surface area contributed by atoms with Gasteiger partial charge >= 0.3 is 12.3 Å². The van der Waals surface area contributed by atoms with E-state index in [1.165, 1.54) is 12.2 Å². The van der Waals surface area contributed by atoms with Gasteiger partial charge in [0.1, 0.15) is 25.4 Å². The summed E-state index contributed by atoms with van der Waals surface area (Å²) >= 11 is 0. The molecule has 0 aromatic rings. The SMILES string of the molecule is C=CCOC(=O)O[C@H]1CO[C@H]2[C@@H]1OC[C@H]2OC(=O)OCC=C. The molecule has 2 saturated heterocycles. The maximum atomic E-state index is 11.4. The molecule has 0 aromatic heterocycles. The molecule has 0 unspecified atom stereocenters. The lowest BCUT2D eigenvalue weighted by Crippen LogP contribution is -2.36. The zero-order chi connectivity index (χ0) is 15.9. The minimum Gasteiger partial charge on any atom is -0.430 e. The third-order valence-electron chi connectivity index (χ3n) is 3.10. The van der Waals surface area contributed by atoms with Crippen LogP contribution in [0.5, 0.6) is 0 Å². The van der Waals surface area contributed by atoms with Gasteiger partial charge in [-0.25, -0.2) is 9.59 Å². The summed E-state index contributed by atoms with van der Waals surface area (Å²) in [6.45, 7) is 7.25. The van der Waals surface area contributed by atoms with Crippen molar-refractivity contribution in [2.75, 3.05) is 26.4 Å². The lowest BCUT2D eigenvalue weighted by molar-refractivity contribution is -0.0394. The Hall–Kier alpha value is -2.06. The van der Waals surface area contributed by atoms with Gasteiger partial charge in [0.05, 0.1) is 13.2 Å². The molecule has 2 aliphatic heterocycles. The Morgan fingerprint density at radius 3 is 1.68 bits per heavy atom. The topological polar surface area (TPSA) is 89.5 Å². The van der Waals surface area contributed by atoms with E-state index in [-0.39, 0.29) is 26.4 Å². The van der Waals surface area contributed by atoms with Crippen molar-refractivity contribution in [1.29, 1.82) is 0 Å². The molecular formula is C14H18O8. The Bertz CT molecular complexity index is 395. The van der Waals surface area contributed by atoms with E-state index in [4.69, 9.17) is 28.4 Å². The highest BCUT2D eigenvalue weighted by Crippen LogP contribution is 2.30. The first-order chi connectivity index (χ1) is 10.7. The summed E-state index contributed by atoms with van der Waals surface area (Å²) in [4.78, 5) is 22.8. The normalized spacial score (nSPS) is 29.3. The average Bonchev–Trinajstić information content (AvgIpc) is 3.07. The van der Waals surface area contributed by atoms with E-state index in [0.717, 1.165) is 0 Å². The maximum absolute atomic E-state index is 11.4. The lowest BCUT2D eigenvalue weighted by atomic mass is 10.1. The van der Waals surface area contributed by atoms with Gasteiger partial charge in [-0.3, -0.25) is 0 Å². The van der Waals surface area contributed by atoms with Crippen molar-refractivity contribution < 1.29 is 38.0 Å². The van der Waals surface area contributed by atoms with Crippen molar-refractivity contribution in [1.82, 2.24) is 0 Å². The molecular weight excluding hydrogens is 296 g/mol. The molecule has 2 heterocycles. The highest BCUT2D eigenvalue weighted by atomic mass is 16.8. The zero-order valence-corrected chi connectivity index (χ0v) is 12.0. The second-order valence-electron chi connectivity index (χ2n) is 4.61. The molecule has 2 fully saturated rings. The number of ether oxygens (including phenoxy) is 6. The molecule has 0 amide bonds. The molecule has 0 spiro atoms. The van der Waals surface area contributed by atoms with Gasteiger partial charge in [0, 0.05) is 0 Å². The minimum atomic E-state index is -0.826. The van der Waals surface area contributed by atoms with E-state index in [1.54, 1.807) is 0 Å². The Morgan fingerprint density at radius 2 is 1.32 bits per heavy atom. The predicted molar refractivity (Wildman–Crippen MR) is 72.3 cm³/mol. The van der Waals surface area contributed by atoms with Crippen molar-refractivity contribution in [3.63, 3.8) is 0 Å². The van der Waals surface area contributed by atoms with Gasteiger partial charge in [-0.2, -0.15) is 0 Å². The van der Waals surface area contributed by atoms with Gasteiger partial charge in [0.2, 0.25) is 0 Å². The molecule has 22 heavy (non-hydrogen) atoms. The Labute approximate surface area is 127 Å². The molecule has 0 radical (unpaired) electrons. The monoisotopic (exact) mass is 314 g/mol. The molecule has 0 aromatic carbocycles. The fourth-order valence-corrected chi connectivity index (χ4v) is 2.20. The van der Waals surface area contributed by atoms with Crippen LogP contribution in [0.1, 0.15) is 0 Å². The molecule has 8 nitrogen and oxygen atoms in total. The third kappa shape index (κ3) is 3.99. The highest BCUT2D eigenvalue weighted by Gasteiger charge is 2.51. The van der Waals surface area contributed by atoms with Crippen LogP contribution in [0.25, 0.3) is 0 Å². The van der Waals surface area contributed by atoms with Crippen molar-refractivity contribution in [3.8, 4) is 0 Å². The average molecular weight is 314 g/mol. The van der Waals surface area contributed by atoms with Crippen LogP contribution in [-0.4, -0.2) is 63.2 Å². The fourth-order valence-electron chi connectivity index (χ4n) is 2.20. The summed E-state index contributed by atoms with van der Waals surface area (Å²) in [6, 6.07) is 0. The van der Waals surface area contributed by atoms with Crippen LogP contribution in [0.15, 0.2) is 25.3 Å². The smallest absolute Gasteiger partial charge is 0.430 e. The Kier molecular flexibility index (Phi) is 5.79. The standard InChI is InChI=1S/C14H18O8/c1-3-5-17-13(15)21-9-7-19-12-10(8-20-11(9)12)22-14(16)18-6-4-2/h3-4,9-12H,1-2,5-8H2/t9-,10+,11-,12-/m1/s1. The molecule has 122 valence electrons. The van der Waals surface area contributed by atoms with E-state index >= 15 is 0 Å². The second-order valence-corrected chi connectivity index (χ2v) is 4.61. The lowest BCUT2D eigenvalue weighted by Gasteiger charge is -2.16. The first kappa shape index (κ1) is 16.3. The van der Waals surface area contributed by atoms with Crippen molar-refractivity contribution >= 4 is 12.3 Å². The molecule has 0 aliphatic carbocycles. The van der Waals surface area contributed by atoms with Gasteiger partial charge in [-0.1, -0.05) is 25.3 Å². The first-order valence-electron chi connectivity index (χ1n) is 6.77. The maximum Gasteiger partial charge on any atom is 0.509 e. The van der Waals surface area contributed by atoms with Crippen LogP contribution in [0, 0.1) is 0 Å². The van der Waals surface area contributed by atoms with Crippen LogP contribution >= 0.6 is 0 Å². The largest absolute Gasteiger partial charge is 0.509 e. The molecule has 8 heteroatoms. The quantitative estimate of drug-likeness (QED) is 0.533. The molecule has 2 aliphatic rings. The zero-order valence-electron chi connectivity index (χ0n) is 12.0.